The third-order valence-electron chi connectivity index (χ3n) is 5.17. The molecule has 1 aromatic carbocycles. The van der Waals surface area contributed by atoms with Crippen molar-refractivity contribution in [3.63, 3.8) is 0 Å². The second-order valence-corrected chi connectivity index (χ2v) is 7.36. The number of piperidine rings is 1. The highest BCUT2D eigenvalue weighted by Gasteiger charge is 2.30. The fraction of sp³-hybridized carbons (Fsp3) is 0.429. The van der Waals surface area contributed by atoms with Crippen molar-refractivity contribution in [3.05, 3.63) is 48.2 Å². The molecule has 2 aromatic rings. The molecule has 2 amide bonds. The number of hydrogen-bond donors (Lipinski definition) is 1. The highest BCUT2D eigenvalue weighted by atomic mass is 19.2. The van der Waals surface area contributed by atoms with Crippen molar-refractivity contribution in [1.29, 1.82) is 0 Å². The summed E-state index contributed by atoms with van der Waals surface area (Å²) >= 11 is 0. The summed E-state index contributed by atoms with van der Waals surface area (Å²) in [5, 5.41) is 2.22. The predicted molar refractivity (Wildman–Crippen MR) is 109 cm³/mol. The van der Waals surface area contributed by atoms with Crippen LogP contribution in [0.5, 0.6) is 0 Å². The molecule has 0 aliphatic carbocycles. The van der Waals surface area contributed by atoms with Gasteiger partial charge in [0.25, 0.3) is 0 Å². The number of anilines is 2. The Labute approximate surface area is 178 Å². The molecule has 3 rings (SSSR count). The van der Waals surface area contributed by atoms with Crippen LogP contribution in [-0.2, 0) is 9.59 Å². The average molecular weight is 435 g/mol. The predicted octanol–water partition coefficient (Wildman–Crippen LogP) is 2.99. The van der Waals surface area contributed by atoms with Crippen LogP contribution in [0.1, 0.15) is 26.2 Å². The molecule has 31 heavy (non-hydrogen) atoms. The van der Waals surface area contributed by atoms with E-state index in [1.807, 2.05) is 6.92 Å². The lowest BCUT2D eigenvalue weighted by atomic mass is 9.95. The van der Waals surface area contributed by atoms with Crippen LogP contribution in [-0.4, -0.2) is 52.9 Å². The van der Waals surface area contributed by atoms with Crippen LogP contribution in [0.2, 0.25) is 0 Å². The van der Waals surface area contributed by atoms with E-state index in [2.05, 4.69) is 20.2 Å². The Morgan fingerprint density at radius 3 is 2.55 bits per heavy atom. The van der Waals surface area contributed by atoms with Crippen LogP contribution in [0, 0.1) is 23.4 Å². The Hall–Kier alpha value is -3.17. The Morgan fingerprint density at radius 2 is 1.90 bits per heavy atom. The Kier molecular flexibility index (Phi) is 7.43. The first-order valence-corrected chi connectivity index (χ1v) is 10.1. The second kappa shape index (κ2) is 10.2. The van der Waals surface area contributed by atoms with Gasteiger partial charge in [-0.15, -0.1) is 0 Å². The molecule has 0 spiro atoms. The summed E-state index contributed by atoms with van der Waals surface area (Å²) in [5.41, 5.74) is -0.468. The van der Waals surface area contributed by atoms with Gasteiger partial charge in [0, 0.05) is 37.9 Å². The summed E-state index contributed by atoms with van der Waals surface area (Å²) in [6, 6.07) is 1.67. The fourth-order valence-electron chi connectivity index (χ4n) is 3.59. The Bertz CT molecular complexity index is 921. The van der Waals surface area contributed by atoms with Gasteiger partial charge in [0.2, 0.25) is 11.8 Å². The standard InChI is InChI=1S/C21H24F3N5O2/c1-2-9-29(13-18(30)27-16-4-3-15(22)19(23)20(16)24)21(31)14-5-10-28(11-6-14)17-12-25-7-8-26-17/h3-4,7-8,12,14H,2,5-6,9-11,13H2,1H3,(H,27,30). The number of carbonyl (C=O) groups is 2. The van der Waals surface area contributed by atoms with E-state index in [-0.39, 0.29) is 18.4 Å². The van der Waals surface area contributed by atoms with Crippen molar-refractivity contribution >= 4 is 23.3 Å². The number of nitrogens with zero attached hydrogens (tertiary/aromatic N) is 4. The number of carbonyl (C=O) groups excluding carboxylic acids is 2. The van der Waals surface area contributed by atoms with E-state index in [4.69, 9.17) is 0 Å². The van der Waals surface area contributed by atoms with Crippen LogP contribution in [0.3, 0.4) is 0 Å². The topological polar surface area (TPSA) is 78.4 Å². The van der Waals surface area contributed by atoms with Gasteiger partial charge in [-0.05, 0) is 31.4 Å². The van der Waals surface area contributed by atoms with Gasteiger partial charge in [-0.2, -0.15) is 0 Å². The molecule has 166 valence electrons. The third-order valence-corrected chi connectivity index (χ3v) is 5.17. The average Bonchev–Trinajstić information content (AvgIpc) is 2.79. The summed E-state index contributed by atoms with van der Waals surface area (Å²) in [5.74, 6) is -4.79. The first-order chi connectivity index (χ1) is 14.9. The zero-order valence-electron chi connectivity index (χ0n) is 17.2. The van der Waals surface area contributed by atoms with Crippen LogP contribution < -0.4 is 10.2 Å². The lowest BCUT2D eigenvalue weighted by Gasteiger charge is -2.34. The molecule has 0 saturated carbocycles. The number of aromatic nitrogens is 2. The molecule has 1 saturated heterocycles. The van der Waals surface area contributed by atoms with E-state index in [9.17, 15) is 22.8 Å². The van der Waals surface area contributed by atoms with Crippen molar-refractivity contribution in [3.8, 4) is 0 Å². The normalized spacial score (nSPS) is 14.4. The van der Waals surface area contributed by atoms with Gasteiger partial charge in [0.1, 0.15) is 5.82 Å². The summed E-state index contributed by atoms with van der Waals surface area (Å²) in [7, 11) is 0. The molecular formula is C21H24F3N5O2. The summed E-state index contributed by atoms with van der Waals surface area (Å²) in [6.07, 6.45) is 6.73. The number of hydrogen-bond acceptors (Lipinski definition) is 5. The quantitative estimate of drug-likeness (QED) is 0.677. The number of nitrogens with one attached hydrogen (secondary N) is 1. The van der Waals surface area contributed by atoms with E-state index in [1.54, 1.807) is 18.6 Å². The molecule has 0 atom stereocenters. The molecule has 1 fully saturated rings. The van der Waals surface area contributed by atoms with Crippen LogP contribution in [0.15, 0.2) is 30.7 Å². The fourth-order valence-corrected chi connectivity index (χ4v) is 3.59. The molecule has 1 N–H and O–H groups in total. The van der Waals surface area contributed by atoms with E-state index in [0.29, 0.717) is 38.9 Å². The van der Waals surface area contributed by atoms with Gasteiger partial charge < -0.3 is 15.1 Å². The van der Waals surface area contributed by atoms with Crippen molar-refractivity contribution in [2.45, 2.75) is 26.2 Å². The maximum atomic E-state index is 13.8. The summed E-state index contributed by atoms with van der Waals surface area (Å²) < 4.78 is 40.2. The van der Waals surface area contributed by atoms with Crippen molar-refractivity contribution in [2.75, 3.05) is 36.4 Å². The Balaban J connectivity index is 1.59. The molecule has 7 nitrogen and oxygen atoms in total. The number of rotatable bonds is 7. The van der Waals surface area contributed by atoms with Crippen molar-refractivity contribution in [2.24, 2.45) is 5.92 Å². The highest BCUT2D eigenvalue weighted by molar-refractivity contribution is 5.95. The van der Waals surface area contributed by atoms with Gasteiger partial charge in [-0.1, -0.05) is 6.92 Å². The van der Waals surface area contributed by atoms with Crippen molar-refractivity contribution in [1.82, 2.24) is 14.9 Å². The molecule has 0 unspecified atom stereocenters. The number of benzene rings is 1. The smallest absolute Gasteiger partial charge is 0.244 e. The van der Waals surface area contributed by atoms with Crippen LogP contribution >= 0.6 is 0 Å². The molecule has 2 heterocycles. The van der Waals surface area contributed by atoms with Crippen LogP contribution in [0.4, 0.5) is 24.7 Å². The monoisotopic (exact) mass is 435 g/mol. The largest absolute Gasteiger partial charge is 0.355 e. The summed E-state index contributed by atoms with van der Waals surface area (Å²) in [4.78, 5) is 37.2. The minimum atomic E-state index is -1.66. The maximum absolute atomic E-state index is 13.8. The third kappa shape index (κ3) is 5.50. The van der Waals surface area contributed by atoms with E-state index >= 15 is 0 Å². The molecule has 0 radical (unpaired) electrons. The van der Waals surface area contributed by atoms with Gasteiger partial charge >= 0.3 is 0 Å². The van der Waals surface area contributed by atoms with Gasteiger partial charge in [-0.25, -0.2) is 18.2 Å². The molecule has 0 bridgehead atoms. The molecule has 10 heteroatoms. The minimum absolute atomic E-state index is 0.151. The molecule has 1 aliphatic heterocycles. The summed E-state index contributed by atoms with van der Waals surface area (Å²) in [6.45, 7) is 3.22. The number of halogens is 3. The number of amides is 2. The zero-order chi connectivity index (χ0) is 22.4. The van der Waals surface area contributed by atoms with Gasteiger partial charge in [0.05, 0.1) is 18.4 Å². The molecular weight excluding hydrogens is 411 g/mol. The Morgan fingerprint density at radius 1 is 1.16 bits per heavy atom. The van der Waals surface area contributed by atoms with Crippen LogP contribution in [0.25, 0.3) is 0 Å². The van der Waals surface area contributed by atoms with Gasteiger partial charge in [0.15, 0.2) is 17.5 Å². The van der Waals surface area contributed by atoms with Gasteiger partial charge in [-0.3, -0.25) is 14.6 Å². The zero-order valence-corrected chi connectivity index (χ0v) is 17.2. The lowest BCUT2D eigenvalue weighted by Crippen LogP contribution is -2.45. The highest BCUT2D eigenvalue weighted by Crippen LogP contribution is 2.23. The first-order valence-electron chi connectivity index (χ1n) is 10.1. The van der Waals surface area contributed by atoms with Crippen molar-refractivity contribution < 1.29 is 22.8 Å². The first kappa shape index (κ1) is 22.5. The van der Waals surface area contributed by atoms with E-state index in [0.717, 1.165) is 18.0 Å². The lowest BCUT2D eigenvalue weighted by molar-refractivity contribution is -0.139. The molecule has 1 aromatic heterocycles. The minimum Gasteiger partial charge on any atom is -0.355 e. The van der Waals surface area contributed by atoms with E-state index < -0.39 is 29.0 Å². The van der Waals surface area contributed by atoms with E-state index in [1.165, 1.54) is 4.90 Å². The SMILES string of the molecule is CCCN(CC(=O)Nc1ccc(F)c(F)c1F)C(=O)C1CCN(c2cnccn2)CC1. The second-order valence-electron chi connectivity index (χ2n) is 7.36. The maximum Gasteiger partial charge on any atom is 0.244 e. The molecule has 1 aliphatic rings.